The van der Waals surface area contributed by atoms with E-state index >= 15 is 0 Å². The Morgan fingerprint density at radius 3 is 2.50 bits per heavy atom. The molecule has 5 nitrogen and oxygen atoms in total. The van der Waals surface area contributed by atoms with Gasteiger partial charge in [0.25, 0.3) is 0 Å². The van der Waals surface area contributed by atoms with Gasteiger partial charge < -0.3 is 9.72 Å². The maximum Gasteiger partial charge on any atom is 0.247 e. The topological polar surface area (TPSA) is 76.2 Å². The zero-order valence-corrected chi connectivity index (χ0v) is 15.0. The van der Waals surface area contributed by atoms with Crippen molar-refractivity contribution in [3.63, 3.8) is 0 Å². The molecule has 1 fully saturated rings. The van der Waals surface area contributed by atoms with Gasteiger partial charge in [-0.1, -0.05) is 18.2 Å². The molecule has 2 aromatic carbocycles. The van der Waals surface area contributed by atoms with Crippen LogP contribution >= 0.6 is 0 Å². The lowest BCUT2D eigenvalue weighted by molar-refractivity contribution is 0.263. The number of pyridine rings is 1. The minimum Gasteiger partial charge on any atom is -0.493 e. The van der Waals surface area contributed by atoms with Gasteiger partial charge >= 0.3 is 0 Å². The molecule has 1 aromatic heterocycles. The molecule has 1 aliphatic heterocycles. The van der Waals surface area contributed by atoms with Gasteiger partial charge in [-0.05, 0) is 52.6 Å². The van der Waals surface area contributed by atoms with Crippen LogP contribution in [-0.4, -0.2) is 31.5 Å². The van der Waals surface area contributed by atoms with E-state index in [9.17, 15) is 13.2 Å². The summed E-state index contributed by atoms with van der Waals surface area (Å²) >= 11 is 0. The van der Waals surface area contributed by atoms with Crippen molar-refractivity contribution in [2.45, 2.75) is 6.42 Å². The summed E-state index contributed by atoms with van der Waals surface area (Å²) in [7, 11) is -2.87. The lowest BCUT2D eigenvalue weighted by atomic mass is 10.0. The van der Waals surface area contributed by atoms with Crippen LogP contribution in [0.25, 0.3) is 21.9 Å². The second kappa shape index (κ2) is 6.61. The summed E-state index contributed by atoms with van der Waals surface area (Å²) in [6.45, 7) is 0.431. The summed E-state index contributed by atoms with van der Waals surface area (Å²) < 4.78 is 28.9. The number of ether oxygens (including phenoxy) is 1. The highest BCUT2D eigenvalue weighted by Gasteiger charge is 2.28. The van der Waals surface area contributed by atoms with Crippen molar-refractivity contribution in [1.29, 1.82) is 0 Å². The molecule has 1 atom stereocenters. The predicted octanol–water partition coefficient (Wildman–Crippen LogP) is 3.01. The molecule has 0 aliphatic carbocycles. The summed E-state index contributed by atoms with van der Waals surface area (Å²) in [5.74, 6) is 1.33. The normalized spacial score (nSPS) is 18.8. The van der Waals surface area contributed by atoms with Gasteiger partial charge in [-0.2, -0.15) is 0 Å². The van der Waals surface area contributed by atoms with Crippen LogP contribution in [0, 0.1) is 5.92 Å². The lowest BCUT2D eigenvalue weighted by Crippen LogP contribution is -2.13. The van der Waals surface area contributed by atoms with Crippen molar-refractivity contribution in [2.75, 3.05) is 18.1 Å². The summed E-state index contributed by atoms with van der Waals surface area (Å²) in [4.78, 5) is 13.9. The number of H-pyrrole nitrogens is 1. The van der Waals surface area contributed by atoms with Crippen molar-refractivity contribution in [2.24, 2.45) is 5.92 Å². The predicted molar refractivity (Wildman–Crippen MR) is 102 cm³/mol. The number of sulfone groups is 1. The third kappa shape index (κ3) is 3.65. The Hall–Kier alpha value is -2.60. The van der Waals surface area contributed by atoms with Gasteiger partial charge in [0.15, 0.2) is 9.84 Å². The van der Waals surface area contributed by atoms with Crippen LogP contribution < -0.4 is 10.3 Å². The van der Waals surface area contributed by atoms with E-state index in [1.807, 2.05) is 30.3 Å². The van der Waals surface area contributed by atoms with Crippen molar-refractivity contribution in [3.8, 4) is 16.9 Å². The third-order valence-corrected chi connectivity index (χ3v) is 6.58. The van der Waals surface area contributed by atoms with E-state index in [1.54, 1.807) is 12.3 Å². The second-order valence-corrected chi connectivity index (χ2v) is 8.97. The Labute approximate surface area is 151 Å². The largest absolute Gasteiger partial charge is 0.493 e. The molecule has 3 aromatic rings. The smallest absolute Gasteiger partial charge is 0.247 e. The number of nitrogens with one attached hydrogen (secondary N) is 1. The Balaban J connectivity index is 1.52. The van der Waals surface area contributed by atoms with E-state index in [1.165, 1.54) is 6.07 Å². The third-order valence-electron chi connectivity index (χ3n) is 4.74. The lowest BCUT2D eigenvalue weighted by Gasteiger charge is -2.11. The van der Waals surface area contributed by atoms with E-state index in [0.29, 0.717) is 13.0 Å². The minimum absolute atomic E-state index is 0.0818. The molecule has 0 bridgehead atoms. The highest BCUT2D eigenvalue weighted by atomic mass is 32.2. The van der Waals surface area contributed by atoms with Crippen LogP contribution in [-0.2, 0) is 9.84 Å². The number of hydrogen-bond donors (Lipinski definition) is 1. The standard InChI is InChI=1S/C20H19NO4S/c22-20-6-4-18(11-21-20)16-1-2-17-10-19(5-3-15(17)9-16)25-12-14-7-8-26(23,24)13-14/h1-6,9-11,14H,7-8,12-13H2,(H,21,22). The zero-order valence-electron chi connectivity index (χ0n) is 14.1. The number of fused-ring (bicyclic) bond motifs is 1. The number of aromatic amines is 1. The van der Waals surface area contributed by atoms with Crippen LogP contribution in [0.3, 0.4) is 0 Å². The fourth-order valence-corrected chi connectivity index (χ4v) is 5.14. The Morgan fingerprint density at radius 2 is 1.77 bits per heavy atom. The number of hydrogen-bond acceptors (Lipinski definition) is 4. The van der Waals surface area contributed by atoms with E-state index in [4.69, 9.17) is 4.74 Å². The molecule has 0 radical (unpaired) electrons. The maximum absolute atomic E-state index is 11.5. The quantitative estimate of drug-likeness (QED) is 0.767. The summed E-state index contributed by atoms with van der Waals surface area (Å²) in [6.07, 6.45) is 2.38. The summed E-state index contributed by atoms with van der Waals surface area (Å²) in [5, 5.41) is 2.12. The van der Waals surface area contributed by atoms with Gasteiger partial charge in [-0.25, -0.2) is 8.42 Å². The molecule has 2 heterocycles. The van der Waals surface area contributed by atoms with E-state index in [2.05, 4.69) is 11.1 Å². The van der Waals surface area contributed by atoms with Crippen LogP contribution in [0.2, 0.25) is 0 Å². The first kappa shape index (κ1) is 16.8. The molecule has 1 saturated heterocycles. The molecule has 4 rings (SSSR count). The summed E-state index contributed by atoms with van der Waals surface area (Å²) in [6, 6.07) is 15.3. The molecule has 134 valence electrons. The molecule has 0 saturated carbocycles. The molecule has 26 heavy (non-hydrogen) atoms. The SMILES string of the molecule is O=c1ccc(-c2ccc3cc(OCC4CCS(=O)(=O)C4)ccc3c2)c[nH]1. The molecular formula is C20H19NO4S. The van der Waals surface area contributed by atoms with Crippen molar-refractivity contribution >= 4 is 20.6 Å². The summed E-state index contributed by atoms with van der Waals surface area (Å²) in [5.41, 5.74) is 1.86. The van der Waals surface area contributed by atoms with Gasteiger partial charge in [0.1, 0.15) is 5.75 Å². The number of benzene rings is 2. The van der Waals surface area contributed by atoms with Crippen LogP contribution in [0.1, 0.15) is 6.42 Å². The Morgan fingerprint density at radius 1 is 1.00 bits per heavy atom. The van der Waals surface area contributed by atoms with Gasteiger partial charge in [0.05, 0.1) is 18.1 Å². The van der Waals surface area contributed by atoms with Gasteiger partial charge in [-0.3, -0.25) is 4.79 Å². The highest BCUT2D eigenvalue weighted by Crippen LogP contribution is 2.27. The number of rotatable bonds is 4. The first-order chi connectivity index (χ1) is 12.5. The monoisotopic (exact) mass is 369 g/mol. The molecule has 1 aliphatic rings. The van der Waals surface area contributed by atoms with E-state index in [-0.39, 0.29) is 23.0 Å². The van der Waals surface area contributed by atoms with Gasteiger partial charge in [0.2, 0.25) is 5.56 Å². The van der Waals surface area contributed by atoms with Crippen molar-refractivity contribution in [1.82, 2.24) is 4.98 Å². The molecular weight excluding hydrogens is 350 g/mol. The Kier molecular flexibility index (Phi) is 4.28. The van der Waals surface area contributed by atoms with Crippen molar-refractivity contribution in [3.05, 3.63) is 65.1 Å². The van der Waals surface area contributed by atoms with Gasteiger partial charge in [-0.15, -0.1) is 0 Å². The first-order valence-electron chi connectivity index (χ1n) is 8.55. The average Bonchev–Trinajstić information content (AvgIpc) is 2.99. The molecule has 1 unspecified atom stereocenters. The second-order valence-electron chi connectivity index (χ2n) is 6.75. The molecule has 0 spiro atoms. The fraction of sp³-hybridized carbons (Fsp3) is 0.250. The van der Waals surface area contributed by atoms with E-state index in [0.717, 1.165) is 27.6 Å². The maximum atomic E-state index is 11.5. The molecule has 6 heteroatoms. The average molecular weight is 369 g/mol. The van der Waals surface area contributed by atoms with Crippen molar-refractivity contribution < 1.29 is 13.2 Å². The van der Waals surface area contributed by atoms with Crippen LogP contribution in [0.15, 0.2) is 59.5 Å². The van der Waals surface area contributed by atoms with Gasteiger partial charge in [0, 0.05) is 18.2 Å². The Bertz CT molecular complexity index is 1100. The fourth-order valence-electron chi connectivity index (χ4n) is 3.30. The van der Waals surface area contributed by atoms with E-state index < -0.39 is 9.84 Å². The first-order valence-corrected chi connectivity index (χ1v) is 10.4. The molecule has 0 amide bonds. The minimum atomic E-state index is -2.87. The molecule has 1 N–H and O–H groups in total. The van der Waals surface area contributed by atoms with Crippen LogP contribution in [0.5, 0.6) is 5.75 Å². The highest BCUT2D eigenvalue weighted by molar-refractivity contribution is 7.91. The zero-order chi connectivity index (χ0) is 18.1. The number of aromatic nitrogens is 1. The van der Waals surface area contributed by atoms with Crippen LogP contribution in [0.4, 0.5) is 0 Å².